The van der Waals surface area contributed by atoms with Gasteiger partial charge in [0.25, 0.3) is 0 Å². The Hall–Kier alpha value is -2.96. The van der Waals surface area contributed by atoms with E-state index in [0.717, 1.165) is 0 Å². The molecule has 0 saturated carbocycles. The molecule has 0 bridgehead atoms. The summed E-state index contributed by atoms with van der Waals surface area (Å²) in [7, 11) is 0. The molecule has 2 aromatic heterocycles. The molecule has 0 radical (unpaired) electrons. The Morgan fingerprint density at radius 1 is 1.21 bits per heavy atom. The van der Waals surface area contributed by atoms with Crippen molar-refractivity contribution in [3.8, 4) is 0 Å². The third kappa shape index (κ3) is 1.68. The van der Waals surface area contributed by atoms with Gasteiger partial charge in [0.1, 0.15) is 5.56 Å². The van der Waals surface area contributed by atoms with E-state index in [9.17, 15) is 19.5 Å². The molecule has 0 aliphatic carbocycles. The van der Waals surface area contributed by atoms with Gasteiger partial charge < -0.3 is 5.11 Å². The van der Waals surface area contributed by atoms with Gasteiger partial charge in [0.05, 0.1) is 0 Å². The molecule has 0 unspecified atom stereocenters. The maximum absolute atomic E-state index is 11.3. The highest BCUT2D eigenvalue weighted by molar-refractivity contribution is 6.07. The van der Waals surface area contributed by atoms with Crippen molar-refractivity contribution in [3.05, 3.63) is 56.7 Å². The van der Waals surface area contributed by atoms with Crippen LogP contribution in [-0.2, 0) is 0 Å². The van der Waals surface area contributed by atoms with E-state index >= 15 is 0 Å². The number of hydrogen-bond acceptors (Lipinski definition) is 5. The molecule has 0 aliphatic rings. The number of anilines is 1. The van der Waals surface area contributed by atoms with Gasteiger partial charge in [0, 0.05) is 17.0 Å². The minimum atomic E-state index is -1.19. The molecule has 0 amide bonds. The molecule has 94 valence electrons. The molecule has 7 heteroatoms. The molecule has 2 heterocycles. The van der Waals surface area contributed by atoms with E-state index in [1.54, 1.807) is 24.3 Å². The Labute approximate surface area is 105 Å². The van der Waals surface area contributed by atoms with Crippen molar-refractivity contribution in [2.75, 3.05) is 5.43 Å². The van der Waals surface area contributed by atoms with E-state index in [1.807, 2.05) is 0 Å². The quantitative estimate of drug-likeness (QED) is 0.650. The number of carbonyl (C=O) groups is 1. The number of aromatic carboxylic acids is 1. The van der Waals surface area contributed by atoms with Crippen LogP contribution in [0.1, 0.15) is 10.4 Å². The van der Waals surface area contributed by atoms with Crippen LogP contribution >= 0.6 is 0 Å². The molecule has 0 atom stereocenters. The molecule has 3 rings (SSSR count). The lowest BCUT2D eigenvalue weighted by Gasteiger charge is -2.08. The van der Waals surface area contributed by atoms with Gasteiger partial charge in [0.2, 0.25) is 0 Å². The van der Waals surface area contributed by atoms with E-state index in [-0.39, 0.29) is 11.4 Å². The van der Waals surface area contributed by atoms with Crippen molar-refractivity contribution < 1.29 is 9.90 Å². The summed E-state index contributed by atoms with van der Waals surface area (Å²) in [6.45, 7) is 0. The Bertz CT molecular complexity index is 848. The van der Waals surface area contributed by atoms with Crippen LogP contribution in [0.15, 0.2) is 40.1 Å². The molecule has 2 N–H and O–H groups in total. The second-order valence-electron chi connectivity index (χ2n) is 3.93. The summed E-state index contributed by atoms with van der Waals surface area (Å²) in [5.74, 6) is -1.22. The molecular weight excluding hydrogens is 250 g/mol. The first-order valence-electron chi connectivity index (χ1n) is 5.35. The second kappa shape index (κ2) is 3.77. The highest BCUT2D eigenvalue weighted by Gasteiger charge is 2.21. The SMILES string of the molecule is O=C(O)c1c(Nn2c(=O)c2=O)ncc2ccccc12. The van der Waals surface area contributed by atoms with Gasteiger partial charge in [-0.15, -0.1) is 0 Å². The molecule has 3 aromatic rings. The van der Waals surface area contributed by atoms with E-state index < -0.39 is 17.1 Å². The van der Waals surface area contributed by atoms with E-state index in [0.29, 0.717) is 15.4 Å². The van der Waals surface area contributed by atoms with Crippen molar-refractivity contribution in [2.24, 2.45) is 0 Å². The topological polar surface area (TPSA) is 101 Å². The fraction of sp³-hybridized carbons (Fsp3) is 0. The van der Waals surface area contributed by atoms with Gasteiger partial charge >= 0.3 is 17.1 Å². The molecular formula is C12H7N3O4. The molecule has 7 nitrogen and oxygen atoms in total. The van der Waals surface area contributed by atoms with Crippen molar-refractivity contribution in [1.82, 2.24) is 9.66 Å². The fourth-order valence-corrected chi connectivity index (χ4v) is 1.81. The molecule has 1 aromatic carbocycles. The third-order valence-electron chi connectivity index (χ3n) is 2.77. The maximum atomic E-state index is 11.3. The molecule has 0 fully saturated rings. The van der Waals surface area contributed by atoms with Gasteiger partial charge in [-0.1, -0.05) is 24.3 Å². The summed E-state index contributed by atoms with van der Waals surface area (Å²) >= 11 is 0. The first kappa shape index (κ1) is 11.1. The minimum absolute atomic E-state index is 0.0367. The molecule has 0 aliphatic heterocycles. The zero-order chi connectivity index (χ0) is 13.6. The van der Waals surface area contributed by atoms with Gasteiger partial charge in [-0.05, 0) is 0 Å². The number of rotatable bonds is 3. The van der Waals surface area contributed by atoms with Crippen LogP contribution in [0.2, 0.25) is 0 Å². The van der Waals surface area contributed by atoms with Crippen LogP contribution in [0.5, 0.6) is 0 Å². The van der Waals surface area contributed by atoms with Crippen LogP contribution in [0, 0.1) is 0 Å². The Balaban J connectivity index is 2.21. The van der Waals surface area contributed by atoms with Gasteiger partial charge in [0.15, 0.2) is 5.82 Å². The maximum Gasteiger partial charge on any atom is 0.340 e. The number of benzene rings is 1. The summed E-state index contributed by atoms with van der Waals surface area (Å²) in [4.78, 5) is 37.1. The van der Waals surface area contributed by atoms with Crippen molar-refractivity contribution in [2.45, 2.75) is 0 Å². The van der Waals surface area contributed by atoms with Crippen molar-refractivity contribution in [1.29, 1.82) is 0 Å². The van der Waals surface area contributed by atoms with E-state index in [1.165, 1.54) is 6.20 Å². The largest absolute Gasteiger partial charge is 0.478 e. The summed E-state index contributed by atoms with van der Waals surface area (Å²) in [6, 6.07) is 6.83. The Morgan fingerprint density at radius 2 is 1.89 bits per heavy atom. The smallest absolute Gasteiger partial charge is 0.340 e. The first-order valence-corrected chi connectivity index (χ1v) is 5.35. The average Bonchev–Trinajstić information content (AvgIpc) is 2.96. The third-order valence-corrected chi connectivity index (χ3v) is 2.77. The number of carboxylic acids is 1. The van der Waals surface area contributed by atoms with Gasteiger partial charge in [-0.3, -0.25) is 15.0 Å². The Kier molecular flexibility index (Phi) is 2.21. The minimum Gasteiger partial charge on any atom is -0.478 e. The number of nitrogens with zero attached hydrogens (tertiary/aromatic N) is 2. The number of nitrogens with one attached hydrogen (secondary N) is 1. The predicted octanol–water partition coefficient (Wildman–Crippen LogP) is 0.206. The van der Waals surface area contributed by atoms with Crippen LogP contribution in [0.25, 0.3) is 10.8 Å². The zero-order valence-electron chi connectivity index (χ0n) is 9.45. The normalized spacial score (nSPS) is 10.9. The van der Waals surface area contributed by atoms with Gasteiger partial charge in [-0.25, -0.2) is 9.78 Å². The van der Waals surface area contributed by atoms with Crippen LogP contribution in [0.4, 0.5) is 5.82 Å². The lowest BCUT2D eigenvalue weighted by molar-refractivity contribution is 0.0699. The fourth-order valence-electron chi connectivity index (χ4n) is 1.81. The zero-order valence-corrected chi connectivity index (χ0v) is 9.45. The molecule has 19 heavy (non-hydrogen) atoms. The first-order chi connectivity index (χ1) is 9.09. The monoisotopic (exact) mass is 257 g/mol. The van der Waals surface area contributed by atoms with Crippen molar-refractivity contribution >= 4 is 22.6 Å². The highest BCUT2D eigenvalue weighted by Crippen LogP contribution is 2.23. The van der Waals surface area contributed by atoms with Crippen LogP contribution < -0.4 is 16.5 Å². The number of fused-ring (bicyclic) bond motifs is 1. The number of carboxylic acid groups (broad SMARTS) is 1. The highest BCUT2D eigenvalue weighted by atomic mass is 16.4. The number of pyridine rings is 1. The summed E-state index contributed by atoms with van der Waals surface area (Å²) in [5, 5.41) is 10.4. The lowest BCUT2D eigenvalue weighted by atomic mass is 10.1. The number of aromatic nitrogens is 2. The second-order valence-corrected chi connectivity index (χ2v) is 3.93. The van der Waals surface area contributed by atoms with E-state index in [2.05, 4.69) is 10.4 Å². The van der Waals surface area contributed by atoms with Crippen molar-refractivity contribution in [3.63, 3.8) is 0 Å². The summed E-state index contributed by atoms with van der Waals surface area (Å²) < 4.78 is 0.712. The Morgan fingerprint density at radius 3 is 2.53 bits per heavy atom. The molecule has 0 saturated heterocycles. The molecule has 0 spiro atoms. The van der Waals surface area contributed by atoms with Crippen LogP contribution in [0.3, 0.4) is 0 Å². The summed E-state index contributed by atoms with van der Waals surface area (Å²) in [6.07, 6.45) is 1.47. The average molecular weight is 257 g/mol. The lowest BCUT2D eigenvalue weighted by Crippen LogP contribution is -2.13. The van der Waals surface area contributed by atoms with Crippen LogP contribution in [-0.4, -0.2) is 20.7 Å². The van der Waals surface area contributed by atoms with E-state index in [4.69, 9.17) is 0 Å². The predicted molar refractivity (Wildman–Crippen MR) is 67.1 cm³/mol. The van der Waals surface area contributed by atoms with Gasteiger partial charge in [-0.2, -0.15) is 4.68 Å². The summed E-state index contributed by atoms with van der Waals surface area (Å²) in [5.41, 5.74) is 0.889. The standard InChI is InChI=1S/C12H7N3O4/c16-10-11(17)15(10)14-9-8(12(18)19)7-4-2-1-3-6(7)5-13-9/h1-5H,(H,13,14)(H,18,19). The number of hydrogen-bond donors (Lipinski definition) is 2.